The topological polar surface area (TPSA) is 63.8 Å². The fraction of sp³-hybridized carbons (Fsp3) is 0.286. The van der Waals surface area contributed by atoms with E-state index in [2.05, 4.69) is 51.1 Å². The minimum absolute atomic E-state index is 0.490. The van der Waals surface area contributed by atoms with Crippen molar-refractivity contribution in [2.75, 3.05) is 11.1 Å². The predicted molar refractivity (Wildman–Crippen MR) is 82.6 cm³/mol. The summed E-state index contributed by atoms with van der Waals surface area (Å²) in [6.45, 7) is 4.15. The van der Waals surface area contributed by atoms with Gasteiger partial charge in [-0.1, -0.05) is 13.0 Å². The standard InChI is InChI=1S/C14H17BrN4/c1-3-4-13-18-12(16)8-14(19-13)17-11-6-5-9(2)7-10(11)15/h5-8H,3-4H2,1-2H3,(H3,16,17,18,19). The molecule has 1 aromatic heterocycles. The van der Waals surface area contributed by atoms with Crippen LogP contribution in [0.5, 0.6) is 0 Å². The Hall–Kier alpha value is -1.62. The van der Waals surface area contributed by atoms with E-state index >= 15 is 0 Å². The number of hydrogen-bond donors (Lipinski definition) is 2. The van der Waals surface area contributed by atoms with Gasteiger partial charge in [0.05, 0.1) is 5.69 Å². The van der Waals surface area contributed by atoms with Gasteiger partial charge in [0, 0.05) is 17.0 Å². The zero-order chi connectivity index (χ0) is 13.8. The van der Waals surface area contributed by atoms with E-state index in [1.165, 1.54) is 5.56 Å². The zero-order valence-corrected chi connectivity index (χ0v) is 12.7. The summed E-state index contributed by atoms with van der Waals surface area (Å²) in [4.78, 5) is 8.68. The maximum atomic E-state index is 5.80. The molecule has 0 radical (unpaired) electrons. The van der Waals surface area contributed by atoms with E-state index in [0.29, 0.717) is 5.82 Å². The minimum Gasteiger partial charge on any atom is -0.384 e. The van der Waals surface area contributed by atoms with Crippen molar-refractivity contribution in [1.29, 1.82) is 0 Å². The van der Waals surface area contributed by atoms with Crippen LogP contribution in [0.15, 0.2) is 28.7 Å². The molecule has 0 spiro atoms. The smallest absolute Gasteiger partial charge is 0.136 e. The lowest BCUT2D eigenvalue weighted by molar-refractivity contribution is 0.839. The van der Waals surface area contributed by atoms with Crippen molar-refractivity contribution in [2.24, 2.45) is 0 Å². The molecule has 4 nitrogen and oxygen atoms in total. The van der Waals surface area contributed by atoms with Gasteiger partial charge in [-0.25, -0.2) is 9.97 Å². The molecule has 0 atom stereocenters. The molecule has 2 rings (SSSR count). The molecule has 0 unspecified atom stereocenters. The fourth-order valence-corrected chi connectivity index (χ4v) is 2.37. The predicted octanol–water partition coefficient (Wildman–Crippen LogP) is 3.83. The maximum Gasteiger partial charge on any atom is 0.136 e. The Kier molecular flexibility index (Phi) is 4.37. The molecule has 0 aliphatic heterocycles. The molecule has 2 aromatic rings. The Bertz CT molecular complexity index is 584. The fourth-order valence-electron chi connectivity index (χ4n) is 1.78. The second kappa shape index (κ2) is 6.02. The van der Waals surface area contributed by atoms with Crippen LogP contribution in [0.3, 0.4) is 0 Å². The number of nitrogen functional groups attached to an aromatic ring is 1. The molecule has 0 amide bonds. The summed E-state index contributed by atoms with van der Waals surface area (Å²) in [5.74, 6) is 1.98. The molecule has 100 valence electrons. The highest BCUT2D eigenvalue weighted by Gasteiger charge is 2.05. The molecular weight excluding hydrogens is 304 g/mol. The van der Waals surface area contributed by atoms with Gasteiger partial charge in [0.1, 0.15) is 17.5 Å². The highest BCUT2D eigenvalue weighted by atomic mass is 79.9. The van der Waals surface area contributed by atoms with Crippen LogP contribution in [0.2, 0.25) is 0 Å². The molecule has 19 heavy (non-hydrogen) atoms. The van der Waals surface area contributed by atoms with Gasteiger partial charge >= 0.3 is 0 Å². The number of nitrogens with one attached hydrogen (secondary N) is 1. The van der Waals surface area contributed by atoms with Crippen molar-refractivity contribution in [3.05, 3.63) is 40.1 Å². The normalized spacial score (nSPS) is 10.5. The van der Waals surface area contributed by atoms with E-state index in [1.807, 2.05) is 12.1 Å². The zero-order valence-electron chi connectivity index (χ0n) is 11.1. The number of halogens is 1. The number of anilines is 3. The average Bonchev–Trinajstić information content (AvgIpc) is 2.32. The van der Waals surface area contributed by atoms with Crippen molar-refractivity contribution in [1.82, 2.24) is 9.97 Å². The van der Waals surface area contributed by atoms with Crippen LogP contribution in [-0.4, -0.2) is 9.97 Å². The molecule has 0 saturated heterocycles. The van der Waals surface area contributed by atoms with Gasteiger partial charge in [-0.2, -0.15) is 0 Å². The average molecular weight is 321 g/mol. The molecule has 0 aliphatic carbocycles. The van der Waals surface area contributed by atoms with Gasteiger partial charge in [-0.05, 0) is 47.0 Å². The second-order valence-electron chi connectivity index (χ2n) is 4.45. The number of aryl methyl sites for hydroxylation is 2. The van der Waals surface area contributed by atoms with E-state index in [1.54, 1.807) is 6.07 Å². The first-order valence-corrected chi connectivity index (χ1v) is 7.04. The van der Waals surface area contributed by atoms with Crippen molar-refractivity contribution in [3.8, 4) is 0 Å². The first-order chi connectivity index (χ1) is 9.08. The lowest BCUT2D eigenvalue weighted by atomic mass is 10.2. The number of nitrogens with two attached hydrogens (primary N) is 1. The van der Waals surface area contributed by atoms with Gasteiger partial charge in [0.25, 0.3) is 0 Å². The molecule has 1 heterocycles. The maximum absolute atomic E-state index is 5.80. The van der Waals surface area contributed by atoms with Crippen molar-refractivity contribution in [3.63, 3.8) is 0 Å². The Morgan fingerprint density at radius 3 is 2.74 bits per heavy atom. The first kappa shape index (κ1) is 13.8. The first-order valence-electron chi connectivity index (χ1n) is 6.25. The van der Waals surface area contributed by atoms with Crippen LogP contribution < -0.4 is 11.1 Å². The molecule has 0 bridgehead atoms. The lowest BCUT2D eigenvalue weighted by Gasteiger charge is -2.10. The number of hydrogen-bond acceptors (Lipinski definition) is 4. The number of nitrogens with zero attached hydrogens (tertiary/aromatic N) is 2. The van der Waals surface area contributed by atoms with E-state index in [9.17, 15) is 0 Å². The largest absolute Gasteiger partial charge is 0.384 e. The molecule has 5 heteroatoms. The summed E-state index contributed by atoms with van der Waals surface area (Å²) in [6.07, 6.45) is 1.83. The van der Waals surface area contributed by atoms with E-state index in [-0.39, 0.29) is 0 Å². The van der Waals surface area contributed by atoms with Gasteiger partial charge < -0.3 is 11.1 Å². The minimum atomic E-state index is 0.490. The van der Waals surface area contributed by atoms with Crippen molar-refractivity contribution >= 4 is 33.3 Å². The Labute approximate surface area is 121 Å². The van der Waals surface area contributed by atoms with Crippen LogP contribution in [0.25, 0.3) is 0 Å². The summed E-state index contributed by atoms with van der Waals surface area (Å²) in [5.41, 5.74) is 7.97. The third-order valence-corrected chi connectivity index (χ3v) is 3.31. The van der Waals surface area contributed by atoms with Gasteiger partial charge in [-0.3, -0.25) is 0 Å². The van der Waals surface area contributed by atoms with Crippen LogP contribution in [0, 0.1) is 6.92 Å². The number of rotatable bonds is 4. The molecule has 0 aliphatic rings. The molecule has 0 saturated carbocycles. The van der Waals surface area contributed by atoms with Gasteiger partial charge in [0.2, 0.25) is 0 Å². The summed E-state index contributed by atoms with van der Waals surface area (Å²) in [6, 6.07) is 7.85. The summed E-state index contributed by atoms with van der Waals surface area (Å²) in [5, 5.41) is 3.26. The third kappa shape index (κ3) is 3.67. The molecule has 3 N–H and O–H groups in total. The van der Waals surface area contributed by atoms with E-state index in [0.717, 1.165) is 34.6 Å². The van der Waals surface area contributed by atoms with Crippen molar-refractivity contribution < 1.29 is 0 Å². The second-order valence-corrected chi connectivity index (χ2v) is 5.31. The van der Waals surface area contributed by atoms with Crippen LogP contribution in [0.1, 0.15) is 24.7 Å². The lowest BCUT2D eigenvalue weighted by Crippen LogP contribution is -2.03. The summed E-state index contributed by atoms with van der Waals surface area (Å²) >= 11 is 3.54. The van der Waals surface area contributed by atoms with E-state index < -0.39 is 0 Å². The SMILES string of the molecule is CCCc1nc(N)cc(Nc2ccc(C)cc2Br)n1. The molecule has 1 aromatic carbocycles. The monoisotopic (exact) mass is 320 g/mol. The third-order valence-electron chi connectivity index (χ3n) is 2.65. The quantitative estimate of drug-likeness (QED) is 0.898. The van der Waals surface area contributed by atoms with Crippen LogP contribution in [-0.2, 0) is 6.42 Å². The summed E-state index contributed by atoms with van der Waals surface area (Å²) in [7, 11) is 0. The van der Waals surface area contributed by atoms with Crippen LogP contribution >= 0.6 is 15.9 Å². The van der Waals surface area contributed by atoms with Crippen molar-refractivity contribution in [2.45, 2.75) is 26.7 Å². The highest BCUT2D eigenvalue weighted by molar-refractivity contribution is 9.10. The van der Waals surface area contributed by atoms with Gasteiger partial charge in [-0.15, -0.1) is 0 Å². The van der Waals surface area contributed by atoms with Crippen LogP contribution in [0.4, 0.5) is 17.3 Å². The summed E-state index contributed by atoms with van der Waals surface area (Å²) < 4.78 is 1.00. The number of aromatic nitrogens is 2. The Morgan fingerprint density at radius 2 is 2.05 bits per heavy atom. The Morgan fingerprint density at radius 1 is 1.26 bits per heavy atom. The molecule has 0 fully saturated rings. The highest BCUT2D eigenvalue weighted by Crippen LogP contribution is 2.26. The van der Waals surface area contributed by atoms with Gasteiger partial charge in [0.15, 0.2) is 0 Å². The number of benzene rings is 1. The van der Waals surface area contributed by atoms with E-state index in [4.69, 9.17) is 5.73 Å². The molecular formula is C14H17BrN4. The Balaban J connectivity index is 2.27.